The van der Waals surface area contributed by atoms with Crippen LogP contribution >= 0.6 is 0 Å². The summed E-state index contributed by atoms with van der Waals surface area (Å²) in [5.74, 6) is 0.296. The Kier molecular flexibility index (Phi) is 7.28. The van der Waals surface area contributed by atoms with Gasteiger partial charge in [-0.15, -0.1) is 0 Å². The maximum absolute atomic E-state index is 4.97. The van der Waals surface area contributed by atoms with Crippen molar-refractivity contribution < 1.29 is 0 Å². The number of hydrogen-bond acceptors (Lipinski definition) is 4. The van der Waals surface area contributed by atoms with Crippen LogP contribution < -0.4 is 15.8 Å². The summed E-state index contributed by atoms with van der Waals surface area (Å²) in [6, 6.07) is 47.6. The monoisotopic (exact) mass is 612 g/mol. The highest BCUT2D eigenvalue weighted by molar-refractivity contribution is 5.85. The van der Waals surface area contributed by atoms with Crippen molar-refractivity contribution in [1.29, 1.82) is 0 Å². The fraction of sp³-hybridized carbons (Fsp3) is 0.186. The zero-order chi connectivity index (χ0) is 32.0. The van der Waals surface area contributed by atoms with Gasteiger partial charge < -0.3 is 4.90 Å². The molecular weight excluding hydrogens is 573 g/mol. The van der Waals surface area contributed by atoms with Crippen molar-refractivity contribution in [3.8, 4) is 0 Å². The lowest BCUT2D eigenvalue weighted by molar-refractivity contribution is 0.449. The summed E-state index contributed by atoms with van der Waals surface area (Å²) in [5, 5.41) is 0. The standard InChI is InChI=1S/C43H40N4/c1-42(2)35-19-11-10-18-34(35)40-37(42)26-27-39-43(40,3)36-20-12-13-21-38(36)47(39)33-24-22-31(23-25-33)28-44-41(32-16-8-5-9-17-32)46-45-29-30-14-6-4-7-15-30/h4-28,40-41,45-46H,29H2,1-3H3. The molecule has 3 atom stereocenters. The van der Waals surface area contributed by atoms with Crippen LogP contribution in [0.25, 0.3) is 0 Å². The Balaban J connectivity index is 1.09. The van der Waals surface area contributed by atoms with Gasteiger partial charge in [-0.1, -0.05) is 141 Å². The van der Waals surface area contributed by atoms with Gasteiger partial charge in [-0.25, -0.2) is 5.43 Å². The minimum absolute atomic E-state index is 0.000814. The van der Waals surface area contributed by atoms with Crippen molar-refractivity contribution in [1.82, 2.24) is 10.9 Å². The summed E-state index contributed by atoms with van der Waals surface area (Å²) >= 11 is 0. The molecule has 5 aromatic carbocycles. The molecule has 0 aromatic heterocycles. The van der Waals surface area contributed by atoms with E-state index in [2.05, 4.69) is 170 Å². The number of para-hydroxylation sites is 1. The number of nitrogens with one attached hydrogen (secondary N) is 2. The summed E-state index contributed by atoms with van der Waals surface area (Å²) in [6.45, 7) is 7.93. The number of anilines is 2. The third-order valence-corrected chi connectivity index (χ3v) is 10.5. The van der Waals surface area contributed by atoms with Gasteiger partial charge in [0.15, 0.2) is 0 Å². The highest BCUT2D eigenvalue weighted by Crippen LogP contribution is 2.66. The van der Waals surface area contributed by atoms with Crippen molar-refractivity contribution >= 4 is 17.6 Å². The highest BCUT2D eigenvalue weighted by atomic mass is 15.4. The zero-order valence-electron chi connectivity index (χ0n) is 27.2. The Labute approximate surface area is 278 Å². The number of rotatable bonds is 8. The smallest absolute Gasteiger partial charge is 0.137 e. The lowest BCUT2D eigenvalue weighted by atomic mass is 9.63. The van der Waals surface area contributed by atoms with Gasteiger partial charge >= 0.3 is 0 Å². The summed E-state index contributed by atoms with van der Waals surface area (Å²) in [7, 11) is 0. The molecule has 4 heteroatoms. The average Bonchev–Trinajstić information content (AvgIpc) is 3.52. The van der Waals surface area contributed by atoms with Gasteiger partial charge in [-0.2, -0.15) is 0 Å². The second kappa shape index (κ2) is 11.6. The molecule has 1 aliphatic heterocycles. The number of hydrogen-bond donors (Lipinski definition) is 2. The van der Waals surface area contributed by atoms with Gasteiger partial charge in [0.25, 0.3) is 0 Å². The van der Waals surface area contributed by atoms with Gasteiger partial charge in [0.05, 0.1) is 5.69 Å². The molecular formula is C43H40N4. The van der Waals surface area contributed by atoms with Crippen LogP contribution in [0.5, 0.6) is 0 Å². The van der Waals surface area contributed by atoms with E-state index in [1.165, 1.54) is 39.2 Å². The lowest BCUT2D eigenvalue weighted by Crippen LogP contribution is -2.36. The van der Waals surface area contributed by atoms with Crippen LogP contribution in [0.2, 0.25) is 0 Å². The summed E-state index contributed by atoms with van der Waals surface area (Å²) < 4.78 is 0. The van der Waals surface area contributed by atoms with Crippen LogP contribution in [0.3, 0.4) is 0 Å². The van der Waals surface area contributed by atoms with Crippen LogP contribution in [-0.4, -0.2) is 6.21 Å². The Morgan fingerprint density at radius 2 is 1.38 bits per heavy atom. The van der Waals surface area contributed by atoms with Crippen molar-refractivity contribution in [2.75, 3.05) is 4.90 Å². The summed E-state index contributed by atoms with van der Waals surface area (Å²) in [5.41, 5.74) is 19.5. The van der Waals surface area contributed by atoms with Gasteiger partial charge in [0, 0.05) is 40.9 Å². The predicted octanol–water partition coefficient (Wildman–Crippen LogP) is 9.41. The number of benzene rings is 5. The van der Waals surface area contributed by atoms with Crippen molar-refractivity contribution in [2.45, 2.75) is 50.2 Å². The van der Waals surface area contributed by atoms with Gasteiger partial charge in [0.1, 0.15) is 6.17 Å². The molecule has 4 nitrogen and oxygen atoms in total. The van der Waals surface area contributed by atoms with E-state index in [-0.39, 0.29) is 17.0 Å². The molecule has 3 unspecified atom stereocenters. The Morgan fingerprint density at radius 1 is 0.723 bits per heavy atom. The normalized spacial score (nSPS) is 21.0. The Hall–Kier alpha value is -5.03. The fourth-order valence-electron chi connectivity index (χ4n) is 8.09. The molecule has 0 saturated carbocycles. The van der Waals surface area contributed by atoms with E-state index in [1.807, 2.05) is 18.3 Å². The average molecular weight is 613 g/mol. The fourth-order valence-corrected chi connectivity index (χ4v) is 8.09. The molecule has 47 heavy (non-hydrogen) atoms. The molecule has 5 aromatic rings. The van der Waals surface area contributed by atoms with Crippen LogP contribution in [-0.2, 0) is 17.4 Å². The van der Waals surface area contributed by atoms with E-state index < -0.39 is 0 Å². The van der Waals surface area contributed by atoms with E-state index in [0.29, 0.717) is 12.5 Å². The Morgan fingerprint density at radius 3 is 2.15 bits per heavy atom. The number of aliphatic imine (C=N–C) groups is 1. The maximum Gasteiger partial charge on any atom is 0.137 e. The van der Waals surface area contributed by atoms with E-state index in [4.69, 9.17) is 4.99 Å². The summed E-state index contributed by atoms with van der Waals surface area (Å²) in [6.07, 6.45) is 6.53. The van der Waals surface area contributed by atoms with E-state index in [0.717, 1.165) is 16.8 Å². The molecule has 0 bridgehead atoms. The first-order valence-corrected chi connectivity index (χ1v) is 16.6. The number of allylic oxidation sites excluding steroid dienone is 4. The molecule has 2 N–H and O–H groups in total. The Bertz CT molecular complexity index is 2010. The largest absolute Gasteiger partial charge is 0.313 e. The van der Waals surface area contributed by atoms with Gasteiger partial charge in [-0.3, -0.25) is 10.4 Å². The van der Waals surface area contributed by atoms with Crippen LogP contribution in [0.15, 0.2) is 162 Å². The molecule has 232 valence electrons. The minimum Gasteiger partial charge on any atom is -0.313 e. The van der Waals surface area contributed by atoms with Gasteiger partial charge in [-0.05, 0) is 64.6 Å². The van der Waals surface area contributed by atoms with E-state index >= 15 is 0 Å². The van der Waals surface area contributed by atoms with Crippen molar-refractivity contribution in [2.24, 2.45) is 4.99 Å². The minimum atomic E-state index is -0.224. The zero-order valence-corrected chi connectivity index (χ0v) is 27.2. The van der Waals surface area contributed by atoms with E-state index in [1.54, 1.807) is 0 Å². The topological polar surface area (TPSA) is 39.7 Å². The quantitative estimate of drug-likeness (QED) is 0.135. The van der Waals surface area contributed by atoms with Crippen molar-refractivity contribution in [3.05, 3.63) is 190 Å². The van der Waals surface area contributed by atoms with Crippen LogP contribution in [0.1, 0.15) is 66.2 Å². The molecule has 8 rings (SSSR count). The molecule has 0 fully saturated rings. The third kappa shape index (κ3) is 4.88. The summed E-state index contributed by atoms with van der Waals surface area (Å²) in [4.78, 5) is 7.45. The second-order valence-electron chi connectivity index (χ2n) is 13.5. The first-order chi connectivity index (χ1) is 23.0. The van der Waals surface area contributed by atoms with E-state index in [9.17, 15) is 0 Å². The SMILES string of the molecule is CC1(C)C2=CC=C3N(c4ccc(C=NC(NNCc5ccccc5)c5ccccc5)cc4)c4ccccc4C3(C)C2c2ccccc21. The number of fused-ring (bicyclic) bond motifs is 7. The lowest BCUT2D eigenvalue weighted by Gasteiger charge is -2.41. The third-order valence-electron chi connectivity index (χ3n) is 10.5. The second-order valence-corrected chi connectivity index (χ2v) is 13.5. The molecule has 0 radical (unpaired) electrons. The maximum atomic E-state index is 4.97. The van der Waals surface area contributed by atoms with Crippen molar-refractivity contribution in [3.63, 3.8) is 0 Å². The van der Waals surface area contributed by atoms with Crippen LogP contribution in [0.4, 0.5) is 11.4 Å². The molecule has 0 saturated heterocycles. The molecule has 3 aliphatic rings. The molecule has 1 heterocycles. The van der Waals surface area contributed by atoms with Crippen LogP contribution in [0, 0.1) is 0 Å². The molecule has 0 amide bonds. The van der Waals surface area contributed by atoms with Gasteiger partial charge in [0.2, 0.25) is 0 Å². The predicted molar refractivity (Wildman–Crippen MR) is 194 cm³/mol. The highest BCUT2D eigenvalue weighted by Gasteiger charge is 2.57. The first kappa shape index (κ1) is 29.4. The molecule has 0 spiro atoms. The molecule has 2 aliphatic carbocycles. The number of hydrazine groups is 1. The number of nitrogens with zero attached hydrogens (tertiary/aromatic N) is 2. The first-order valence-electron chi connectivity index (χ1n) is 16.6.